The SMILES string of the molecule is CC1(C)c2ccccc2-c2cc3c4cc(-c5ccc6c(c5)c5ccccc5n6-c5ccccc5)ccc4n(-c4cccc(-c5ccc6c7c(cccc57)-c5ccccc5-6)c4)c3cc21. The molecule has 0 saturated heterocycles. The van der Waals surface area contributed by atoms with E-state index in [4.69, 9.17) is 0 Å². The van der Waals surface area contributed by atoms with Crippen molar-refractivity contribution in [1.29, 1.82) is 0 Å². The molecule has 0 saturated carbocycles. The molecule has 0 spiro atoms. The fourth-order valence-electron chi connectivity index (χ4n) is 11.6. The normalized spacial score (nSPS) is 13.4. The fourth-order valence-corrected chi connectivity index (χ4v) is 11.6. The van der Waals surface area contributed by atoms with Crippen LogP contribution in [0, 0.1) is 0 Å². The van der Waals surface area contributed by atoms with Crippen LogP contribution < -0.4 is 0 Å². The van der Waals surface area contributed by atoms with Crippen LogP contribution in [0.1, 0.15) is 25.0 Å². The van der Waals surface area contributed by atoms with Crippen LogP contribution in [0.5, 0.6) is 0 Å². The average Bonchev–Trinajstić information content (AvgIpc) is 4.02. The number of para-hydroxylation sites is 2. The highest BCUT2D eigenvalue weighted by atomic mass is 15.0. The van der Waals surface area contributed by atoms with Crippen LogP contribution in [-0.4, -0.2) is 9.13 Å². The van der Waals surface area contributed by atoms with Gasteiger partial charge >= 0.3 is 0 Å². The van der Waals surface area contributed by atoms with Gasteiger partial charge in [0.05, 0.1) is 22.1 Å². The molecular formula is C61H40N2. The number of benzene rings is 10. The maximum absolute atomic E-state index is 2.52. The molecule has 2 aliphatic carbocycles. The molecule has 0 atom stereocenters. The van der Waals surface area contributed by atoms with Gasteiger partial charge in [0, 0.05) is 38.3 Å². The van der Waals surface area contributed by atoms with Crippen molar-refractivity contribution in [3.8, 4) is 67.0 Å². The minimum Gasteiger partial charge on any atom is -0.309 e. The molecule has 294 valence electrons. The van der Waals surface area contributed by atoms with Gasteiger partial charge in [-0.1, -0.05) is 153 Å². The Morgan fingerprint density at radius 3 is 1.63 bits per heavy atom. The number of hydrogen-bond donors (Lipinski definition) is 0. The first kappa shape index (κ1) is 34.7. The molecular weight excluding hydrogens is 761 g/mol. The molecule has 0 fully saturated rings. The first-order chi connectivity index (χ1) is 31.0. The van der Waals surface area contributed by atoms with E-state index in [9.17, 15) is 0 Å². The molecule has 63 heavy (non-hydrogen) atoms. The van der Waals surface area contributed by atoms with Crippen molar-refractivity contribution in [2.45, 2.75) is 19.3 Å². The predicted molar refractivity (Wildman–Crippen MR) is 265 cm³/mol. The lowest BCUT2D eigenvalue weighted by Gasteiger charge is -2.21. The molecule has 12 aromatic rings. The first-order valence-corrected chi connectivity index (χ1v) is 22.1. The molecule has 2 heterocycles. The van der Waals surface area contributed by atoms with Crippen LogP contribution in [0.2, 0.25) is 0 Å². The van der Waals surface area contributed by atoms with Gasteiger partial charge in [0.15, 0.2) is 0 Å². The zero-order valence-electron chi connectivity index (χ0n) is 35.0. The van der Waals surface area contributed by atoms with Crippen molar-refractivity contribution < 1.29 is 0 Å². The Morgan fingerprint density at radius 2 is 0.841 bits per heavy atom. The van der Waals surface area contributed by atoms with E-state index in [1.165, 1.54) is 127 Å². The zero-order chi connectivity index (χ0) is 41.6. The molecule has 0 unspecified atom stereocenters. The highest BCUT2D eigenvalue weighted by molar-refractivity contribution is 6.19. The van der Waals surface area contributed by atoms with E-state index in [0.717, 1.165) is 5.69 Å². The maximum atomic E-state index is 2.52. The molecule has 0 N–H and O–H groups in total. The van der Waals surface area contributed by atoms with E-state index < -0.39 is 0 Å². The number of fused-ring (bicyclic) bond motifs is 12. The zero-order valence-corrected chi connectivity index (χ0v) is 35.0. The Hall–Kier alpha value is -7.94. The Labute approximate surface area is 365 Å². The van der Waals surface area contributed by atoms with Crippen molar-refractivity contribution in [2.24, 2.45) is 0 Å². The van der Waals surface area contributed by atoms with Gasteiger partial charge in [0.25, 0.3) is 0 Å². The Bertz CT molecular complexity index is 3900. The van der Waals surface area contributed by atoms with Gasteiger partial charge < -0.3 is 9.13 Å². The van der Waals surface area contributed by atoms with Gasteiger partial charge in [-0.3, -0.25) is 0 Å². The van der Waals surface area contributed by atoms with Gasteiger partial charge in [-0.05, 0) is 144 Å². The maximum Gasteiger partial charge on any atom is 0.0544 e. The number of hydrogen-bond acceptors (Lipinski definition) is 0. The van der Waals surface area contributed by atoms with Gasteiger partial charge in [-0.15, -0.1) is 0 Å². The lowest BCUT2D eigenvalue weighted by molar-refractivity contribution is 0.661. The summed E-state index contributed by atoms with van der Waals surface area (Å²) < 4.78 is 4.91. The summed E-state index contributed by atoms with van der Waals surface area (Å²) in [5.41, 5.74) is 22.7. The van der Waals surface area contributed by atoms with E-state index in [0.29, 0.717) is 0 Å². The molecule has 2 heteroatoms. The number of rotatable bonds is 4. The van der Waals surface area contributed by atoms with E-state index in [-0.39, 0.29) is 5.41 Å². The van der Waals surface area contributed by atoms with Gasteiger partial charge in [0.1, 0.15) is 0 Å². The number of aromatic nitrogens is 2. The van der Waals surface area contributed by atoms with Crippen LogP contribution in [-0.2, 0) is 5.41 Å². The van der Waals surface area contributed by atoms with E-state index in [1.807, 2.05) is 0 Å². The predicted octanol–water partition coefficient (Wildman–Crippen LogP) is 16.3. The monoisotopic (exact) mass is 800 g/mol. The second kappa shape index (κ2) is 12.6. The molecule has 0 amide bonds. The third kappa shape index (κ3) is 4.73. The van der Waals surface area contributed by atoms with E-state index in [2.05, 4.69) is 229 Å². The summed E-state index contributed by atoms with van der Waals surface area (Å²) in [5.74, 6) is 0. The van der Waals surface area contributed by atoms with Crippen molar-refractivity contribution in [3.63, 3.8) is 0 Å². The lowest BCUT2D eigenvalue weighted by Crippen LogP contribution is -2.14. The fraction of sp³-hybridized carbons (Fsp3) is 0.0492. The molecule has 14 rings (SSSR count). The van der Waals surface area contributed by atoms with Crippen molar-refractivity contribution in [1.82, 2.24) is 9.13 Å². The Kier molecular flexibility index (Phi) is 6.93. The van der Waals surface area contributed by atoms with Crippen LogP contribution in [0.3, 0.4) is 0 Å². The molecule has 2 aliphatic rings. The van der Waals surface area contributed by atoms with Gasteiger partial charge in [-0.25, -0.2) is 0 Å². The minimum atomic E-state index is -0.120. The highest BCUT2D eigenvalue weighted by Gasteiger charge is 2.36. The van der Waals surface area contributed by atoms with Crippen molar-refractivity contribution in [2.75, 3.05) is 0 Å². The summed E-state index contributed by atoms with van der Waals surface area (Å²) in [7, 11) is 0. The van der Waals surface area contributed by atoms with E-state index in [1.54, 1.807) is 0 Å². The van der Waals surface area contributed by atoms with Crippen LogP contribution in [0.25, 0.3) is 121 Å². The second-order valence-corrected chi connectivity index (χ2v) is 18.1. The first-order valence-electron chi connectivity index (χ1n) is 22.1. The van der Waals surface area contributed by atoms with Crippen molar-refractivity contribution in [3.05, 3.63) is 217 Å². The van der Waals surface area contributed by atoms with Crippen LogP contribution in [0.4, 0.5) is 0 Å². The molecule has 2 nitrogen and oxygen atoms in total. The minimum absolute atomic E-state index is 0.120. The van der Waals surface area contributed by atoms with E-state index >= 15 is 0 Å². The largest absolute Gasteiger partial charge is 0.309 e. The third-order valence-corrected chi connectivity index (χ3v) is 14.5. The van der Waals surface area contributed by atoms with Crippen molar-refractivity contribution >= 4 is 54.4 Å². The summed E-state index contributed by atoms with van der Waals surface area (Å²) in [5, 5.41) is 7.70. The second-order valence-electron chi connectivity index (χ2n) is 18.1. The van der Waals surface area contributed by atoms with Gasteiger partial charge in [-0.2, -0.15) is 0 Å². The Morgan fingerprint density at radius 1 is 0.286 bits per heavy atom. The molecule has 10 aromatic carbocycles. The molecule has 0 aliphatic heterocycles. The summed E-state index contributed by atoms with van der Waals surface area (Å²) >= 11 is 0. The molecule has 0 bridgehead atoms. The lowest BCUT2D eigenvalue weighted by atomic mass is 9.82. The van der Waals surface area contributed by atoms with Crippen LogP contribution >= 0.6 is 0 Å². The molecule has 2 aromatic heterocycles. The summed E-state index contributed by atoms with van der Waals surface area (Å²) in [6.45, 7) is 4.77. The van der Waals surface area contributed by atoms with Gasteiger partial charge in [0.2, 0.25) is 0 Å². The standard InChI is InChI=1S/C61H40N2/c1-61(2)54-24-10-8-20-45(54)50-35-53-52-34-38(37-26-30-57-51(33-37)46-21-9-11-25-56(46)62(57)40-15-4-3-5-16-40)27-31-58(52)63(59(53)36-55(50)61)41-17-12-14-39(32-41)42-28-29-49-44-19-7-6-18-43(44)48-23-13-22-47(42)60(48)49/h3-36H,1-2H3. The third-order valence-electron chi connectivity index (χ3n) is 14.5. The Balaban J connectivity index is 0.987. The average molecular weight is 801 g/mol. The summed E-state index contributed by atoms with van der Waals surface area (Å²) in [6, 6.07) is 77.1. The van der Waals surface area contributed by atoms with Crippen LogP contribution in [0.15, 0.2) is 206 Å². The highest BCUT2D eigenvalue weighted by Crippen LogP contribution is 2.52. The molecule has 0 radical (unpaired) electrons. The quantitative estimate of drug-likeness (QED) is 0.168. The summed E-state index contributed by atoms with van der Waals surface area (Å²) in [6.07, 6.45) is 0. The topological polar surface area (TPSA) is 9.86 Å². The number of nitrogens with zero attached hydrogens (tertiary/aromatic N) is 2. The smallest absolute Gasteiger partial charge is 0.0544 e. The summed E-state index contributed by atoms with van der Waals surface area (Å²) in [4.78, 5) is 0.